The number of para-hydroxylation sites is 1. The van der Waals surface area contributed by atoms with Gasteiger partial charge in [-0.2, -0.15) is 9.78 Å². The molecule has 5 aromatic rings. The Labute approximate surface area is 280 Å². The number of fused-ring (bicyclic) bond motifs is 1. The van der Waals surface area contributed by atoms with Gasteiger partial charge in [0.1, 0.15) is 12.4 Å². The van der Waals surface area contributed by atoms with E-state index in [-0.39, 0.29) is 23.6 Å². The quantitative estimate of drug-likeness (QED) is 0.110. The first-order chi connectivity index (χ1) is 22.1. The molecule has 1 heterocycles. The van der Waals surface area contributed by atoms with Crippen molar-refractivity contribution >= 4 is 45.7 Å². The van der Waals surface area contributed by atoms with Gasteiger partial charge in [0.2, 0.25) is 0 Å². The van der Waals surface area contributed by atoms with Gasteiger partial charge in [-0.1, -0.05) is 38.1 Å². The number of methoxy groups -OCH3 is 1. The molecule has 236 valence electrons. The summed E-state index contributed by atoms with van der Waals surface area (Å²) in [6.07, 6.45) is 1.60. The monoisotopic (exact) mass is 731 g/mol. The number of rotatable bonds is 11. The SMILES string of the molecule is CCOc1cc(C)c(-c2nc3ccccc3c(=O)n2N=Cc2cc(I)c(OCc3cccc(C(=O)O)c3)c(OC)c2)cc1C(C)C. The van der Waals surface area contributed by atoms with Crippen LogP contribution in [0.5, 0.6) is 17.2 Å². The third-order valence-corrected chi connectivity index (χ3v) is 8.21. The summed E-state index contributed by atoms with van der Waals surface area (Å²) in [5.74, 6) is 1.40. The first-order valence-electron chi connectivity index (χ1n) is 14.8. The van der Waals surface area contributed by atoms with Crippen LogP contribution in [-0.2, 0) is 6.61 Å². The maximum absolute atomic E-state index is 13.9. The Balaban J connectivity index is 1.56. The number of carbonyl (C=O) groups is 1. The van der Waals surface area contributed by atoms with Crippen molar-refractivity contribution in [3.63, 3.8) is 0 Å². The van der Waals surface area contributed by atoms with Crippen molar-refractivity contribution in [2.24, 2.45) is 5.10 Å². The van der Waals surface area contributed by atoms with Crippen LogP contribution in [0.15, 0.2) is 82.7 Å². The van der Waals surface area contributed by atoms with Gasteiger partial charge in [-0.25, -0.2) is 9.78 Å². The van der Waals surface area contributed by atoms with E-state index in [1.54, 1.807) is 43.7 Å². The van der Waals surface area contributed by atoms with E-state index in [9.17, 15) is 14.7 Å². The van der Waals surface area contributed by atoms with Crippen molar-refractivity contribution < 1.29 is 24.1 Å². The zero-order valence-corrected chi connectivity index (χ0v) is 28.4. The molecule has 9 nitrogen and oxygen atoms in total. The van der Waals surface area contributed by atoms with Crippen molar-refractivity contribution in [3.05, 3.63) is 115 Å². The first kappa shape index (κ1) is 32.7. The zero-order chi connectivity index (χ0) is 33.0. The molecule has 0 saturated heterocycles. The number of hydrogen-bond donors (Lipinski definition) is 1. The second-order valence-corrected chi connectivity index (χ2v) is 12.1. The number of nitrogens with zero attached hydrogens (tertiary/aromatic N) is 3. The van der Waals surface area contributed by atoms with Gasteiger partial charge in [-0.3, -0.25) is 4.79 Å². The lowest BCUT2D eigenvalue weighted by molar-refractivity contribution is 0.0696. The lowest BCUT2D eigenvalue weighted by Crippen LogP contribution is -2.21. The third kappa shape index (κ3) is 6.91. The van der Waals surface area contributed by atoms with Crippen molar-refractivity contribution in [1.82, 2.24) is 9.66 Å². The van der Waals surface area contributed by atoms with Crippen LogP contribution in [0.4, 0.5) is 0 Å². The van der Waals surface area contributed by atoms with Gasteiger partial charge < -0.3 is 19.3 Å². The highest BCUT2D eigenvalue weighted by atomic mass is 127. The highest BCUT2D eigenvalue weighted by Crippen LogP contribution is 2.36. The normalized spacial score (nSPS) is 11.4. The number of halogens is 1. The molecule has 10 heteroatoms. The minimum absolute atomic E-state index is 0.155. The Kier molecular flexibility index (Phi) is 10.1. The predicted octanol–water partition coefficient (Wildman–Crippen LogP) is 7.67. The number of aromatic carboxylic acids is 1. The second kappa shape index (κ2) is 14.2. The Morgan fingerprint density at radius 1 is 1.04 bits per heavy atom. The Morgan fingerprint density at radius 3 is 2.54 bits per heavy atom. The smallest absolute Gasteiger partial charge is 0.335 e. The number of carboxylic acid groups (broad SMARTS) is 1. The van der Waals surface area contributed by atoms with Gasteiger partial charge >= 0.3 is 5.97 Å². The van der Waals surface area contributed by atoms with Gasteiger partial charge in [-0.05, 0) is 113 Å². The molecule has 0 atom stereocenters. The van der Waals surface area contributed by atoms with E-state index in [1.165, 1.54) is 10.7 Å². The fourth-order valence-corrected chi connectivity index (χ4v) is 5.89. The Bertz CT molecular complexity index is 2020. The van der Waals surface area contributed by atoms with E-state index in [2.05, 4.69) is 41.5 Å². The fraction of sp³-hybridized carbons (Fsp3) is 0.222. The number of aryl methyl sites for hydroxylation is 1. The van der Waals surface area contributed by atoms with E-state index in [1.807, 2.05) is 50.2 Å². The maximum Gasteiger partial charge on any atom is 0.335 e. The van der Waals surface area contributed by atoms with Crippen molar-refractivity contribution in [2.45, 2.75) is 40.2 Å². The molecule has 0 aliphatic carbocycles. The summed E-state index contributed by atoms with van der Waals surface area (Å²) >= 11 is 2.15. The van der Waals surface area contributed by atoms with E-state index < -0.39 is 5.97 Å². The van der Waals surface area contributed by atoms with Gasteiger partial charge in [0.15, 0.2) is 17.3 Å². The van der Waals surface area contributed by atoms with Gasteiger partial charge in [0, 0.05) is 5.56 Å². The largest absolute Gasteiger partial charge is 0.494 e. The summed E-state index contributed by atoms with van der Waals surface area (Å²) in [5.41, 5.74) is 4.59. The number of hydrogen-bond acceptors (Lipinski definition) is 7. The molecule has 0 aliphatic heterocycles. The maximum atomic E-state index is 13.9. The summed E-state index contributed by atoms with van der Waals surface area (Å²) in [6.45, 7) is 8.84. The predicted molar refractivity (Wildman–Crippen MR) is 188 cm³/mol. The van der Waals surface area contributed by atoms with Gasteiger partial charge in [0.05, 0.1) is 40.0 Å². The number of carboxylic acids is 1. The molecule has 5 rings (SSSR count). The highest BCUT2D eigenvalue weighted by molar-refractivity contribution is 14.1. The molecule has 1 N–H and O–H groups in total. The van der Waals surface area contributed by atoms with E-state index in [4.69, 9.17) is 19.2 Å². The van der Waals surface area contributed by atoms with E-state index in [0.717, 1.165) is 26.0 Å². The molecule has 0 amide bonds. The average Bonchev–Trinajstić information content (AvgIpc) is 3.03. The van der Waals surface area contributed by atoms with Crippen LogP contribution >= 0.6 is 22.6 Å². The van der Waals surface area contributed by atoms with Crippen molar-refractivity contribution in [2.75, 3.05) is 13.7 Å². The van der Waals surface area contributed by atoms with Crippen LogP contribution in [0.25, 0.3) is 22.3 Å². The third-order valence-electron chi connectivity index (χ3n) is 7.40. The molecule has 1 aromatic heterocycles. The lowest BCUT2D eigenvalue weighted by Gasteiger charge is -2.18. The minimum atomic E-state index is -1.00. The summed E-state index contributed by atoms with van der Waals surface area (Å²) in [4.78, 5) is 30.2. The van der Waals surface area contributed by atoms with Crippen molar-refractivity contribution in [3.8, 4) is 28.6 Å². The molecule has 4 aromatic carbocycles. The molecule has 46 heavy (non-hydrogen) atoms. The zero-order valence-electron chi connectivity index (χ0n) is 26.2. The molecule has 0 aliphatic rings. The van der Waals surface area contributed by atoms with E-state index >= 15 is 0 Å². The standard InChI is InChI=1S/C36H34IN3O6/c1-6-45-31-14-22(4)28(18-27(31)21(2)3)34-39-30-13-8-7-12-26(30)35(41)40(34)38-19-24-16-29(37)33(32(17-24)44-5)46-20-23-10-9-11-25(15-23)36(42)43/h7-19,21H,6,20H2,1-5H3,(H,42,43). The molecule has 0 bridgehead atoms. The summed E-state index contributed by atoms with van der Waals surface area (Å²) in [7, 11) is 1.54. The van der Waals surface area contributed by atoms with Crippen LogP contribution in [0, 0.1) is 10.5 Å². The summed E-state index contributed by atoms with van der Waals surface area (Å²) in [6, 6.07) is 21.5. The molecule has 0 spiro atoms. The first-order valence-corrected chi connectivity index (χ1v) is 15.9. The van der Waals surface area contributed by atoms with Crippen LogP contribution in [0.3, 0.4) is 0 Å². The number of aromatic nitrogens is 2. The van der Waals surface area contributed by atoms with Crippen LogP contribution in [-0.4, -0.2) is 40.7 Å². The second-order valence-electron chi connectivity index (χ2n) is 10.9. The van der Waals surface area contributed by atoms with Crippen LogP contribution < -0.4 is 19.8 Å². The van der Waals surface area contributed by atoms with E-state index in [0.29, 0.717) is 46.0 Å². The Morgan fingerprint density at radius 2 is 1.83 bits per heavy atom. The highest BCUT2D eigenvalue weighted by Gasteiger charge is 2.19. The van der Waals surface area contributed by atoms with Crippen LogP contribution in [0.2, 0.25) is 0 Å². The lowest BCUT2D eigenvalue weighted by atomic mass is 9.96. The minimum Gasteiger partial charge on any atom is -0.494 e. The fourth-order valence-electron chi connectivity index (χ4n) is 5.10. The average molecular weight is 732 g/mol. The van der Waals surface area contributed by atoms with Gasteiger partial charge in [0.25, 0.3) is 5.56 Å². The number of ether oxygens (including phenoxy) is 3. The Hall–Kier alpha value is -4.71. The van der Waals surface area contributed by atoms with Crippen molar-refractivity contribution in [1.29, 1.82) is 0 Å². The van der Waals surface area contributed by atoms with Crippen LogP contribution in [0.1, 0.15) is 59.3 Å². The molecular formula is C36H34IN3O6. The molecular weight excluding hydrogens is 697 g/mol. The molecule has 0 radical (unpaired) electrons. The summed E-state index contributed by atoms with van der Waals surface area (Å²) < 4.78 is 19.7. The topological polar surface area (TPSA) is 112 Å². The molecule has 0 fully saturated rings. The van der Waals surface area contributed by atoms with Gasteiger partial charge in [-0.15, -0.1) is 0 Å². The number of benzene rings is 4. The molecule has 0 unspecified atom stereocenters. The molecule has 0 saturated carbocycles. The summed E-state index contributed by atoms with van der Waals surface area (Å²) in [5, 5.41) is 14.4.